The minimum atomic E-state index is -1.01. The van der Waals surface area contributed by atoms with Crippen LogP contribution in [0.15, 0.2) is 78.4 Å². The molecule has 1 aliphatic carbocycles. The van der Waals surface area contributed by atoms with Crippen molar-refractivity contribution in [1.82, 2.24) is 0 Å². The van der Waals surface area contributed by atoms with Crippen molar-refractivity contribution in [3.63, 3.8) is 0 Å². The Hall–Kier alpha value is -4.96. The second kappa shape index (κ2) is 15.9. The molecular formula is C35H36ClN3O7. The fourth-order valence-electron chi connectivity index (χ4n) is 5.57. The number of Topliss-reactive ketones (excluding diaryl/α,β-unsaturated/α-hetero) is 1. The molecule has 0 amide bonds. The van der Waals surface area contributed by atoms with Crippen LogP contribution in [0.25, 0.3) is 0 Å². The van der Waals surface area contributed by atoms with Crippen molar-refractivity contribution in [2.24, 2.45) is 17.6 Å². The number of ether oxygens (including phenoxy) is 1. The summed E-state index contributed by atoms with van der Waals surface area (Å²) in [6, 6.07) is 17.8. The summed E-state index contributed by atoms with van der Waals surface area (Å²) in [5.41, 5.74) is 8.87. The first-order valence-electron chi connectivity index (χ1n) is 15.0. The number of nitrogens with two attached hydrogens (primary N) is 1. The minimum absolute atomic E-state index is 0.0141. The van der Waals surface area contributed by atoms with E-state index >= 15 is 0 Å². The van der Waals surface area contributed by atoms with Gasteiger partial charge in [-0.15, -0.1) is 0 Å². The molecule has 0 bridgehead atoms. The van der Waals surface area contributed by atoms with E-state index in [1.165, 1.54) is 12.1 Å². The van der Waals surface area contributed by atoms with E-state index in [0.29, 0.717) is 54.8 Å². The number of carboxylic acid groups (broad SMARTS) is 2. The number of carbonyl (C=O) groups excluding carboxylic acids is 2. The van der Waals surface area contributed by atoms with Gasteiger partial charge >= 0.3 is 17.9 Å². The maximum absolute atomic E-state index is 13.2. The van der Waals surface area contributed by atoms with Crippen LogP contribution in [0.2, 0.25) is 5.02 Å². The Balaban J connectivity index is 1.37. The van der Waals surface area contributed by atoms with Crippen LogP contribution >= 0.6 is 11.6 Å². The quantitative estimate of drug-likeness (QED) is 0.0455. The molecule has 4 rings (SSSR count). The average Bonchev–Trinajstić information content (AvgIpc) is 3.03. The summed E-state index contributed by atoms with van der Waals surface area (Å²) in [5.74, 6) is -2.62. The van der Waals surface area contributed by atoms with Gasteiger partial charge in [-0.2, -0.15) is 0 Å². The predicted molar refractivity (Wildman–Crippen MR) is 175 cm³/mol. The number of aryl methyl sites for hydroxylation is 1. The van der Waals surface area contributed by atoms with Gasteiger partial charge in [-0.1, -0.05) is 41.4 Å². The fourth-order valence-corrected chi connectivity index (χ4v) is 5.84. The molecule has 46 heavy (non-hydrogen) atoms. The number of nitrogens with one attached hydrogen (secondary N) is 2. The molecule has 0 atom stereocenters. The molecular weight excluding hydrogens is 610 g/mol. The highest BCUT2D eigenvalue weighted by Gasteiger charge is 2.28. The monoisotopic (exact) mass is 645 g/mol. The molecule has 1 saturated carbocycles. The number of rotatable bonds is 13. The van der Waals surface area contributed by atoms with Crippen LogP contribution in [-0.2, 0) is 22.4 Å². The van der Waals surface area contributed by atoms with Crippen LogP contribution < -0.4 is 15.8 Å². The number of carboxylic acids is 2. The van der Waals surface area contributed by atoms with Gasteiger partial charge in [0.1, 0.15) is 11.5 Å². The van der Waals surface area contributed by atoms with Gasteiger partial charge in [-0.25, -0.2) is 9.59 Å². The Morgan fingerprint density at radius 2 is 1.63 bits per heavy atom. The molecule has 6 N–H and O–H groups in total. The van der Waals surface area contributed by atoms with E-state index in [9.17, 15) is 29.4 Å². The van der Waals surface area contributed by atoms with Gasteiger partial charge in [0.2, 0.25) is 0 Å². The third kappa shape index (κ3) is 9.77. The summed E-state index contributed by atoms with van der Waals surface area (Å²) in [6.45, 7) is 0. The number of halogens is 1. The highest BCUT2D eigenvalue weighted by molar-refractivity contribution is 6.31. The standard InChI is InChI=1S/C35H36ClN3O7/c36-31-20-30(46-34(45)25-10-14-28(15-11-25)39-35(37)38)17-13-23(31)12-16-29(40)19-26(22-6-8-24(9-7-22)32(41)42)5-4-21-2-1-3-27(18-21)33(43)44/h1-3,5,10-11,13-15,17-18,20,22,24H,4,6-9,12,16,19H2,(H,41,42)(H,43,44)(H4,37,38,39)/b26-5-/t22-,24-. The zero-order valence-electron chi connectivity index (χ0n) is 25.1. The molecule has 3 aromatic carbocycles. The van der Waals surface area contributed by atoms with Gasteiger partial charge in [-0.05, 0) is 104 Å². The van der Waals surface area contributed by atoms with Crippen molar-refractivity contribution < 1.29 is 34.1 Å². The van der Waals surface area contributed by atoms with Gasteiger partial charge in [0, 0.05) is 23.6 Å². The zero-order chi connectivity index (χ0) is 33.2. The molecule has 0 aromatic heterocycles. The number of esters is 1. The number of anilines is 1. The first-order chi connectivity index (χ1) is 22.0. The van der Waals surface area contributed by atoms with Gasteiger partial charge < -0.3 is 26.0 Å². The fraction of sp³-hybridized carbons (Fsp3) is 0.286. The first kappa shape index (κ1) is 33.9. The van der Waals surface area contributed by atoms with Crippen molar-refractivity contribution in [2.75, 3.05) is 5.32 Å². The Labute approximate surface area is 271 Å². The van der Waals surface area contributed by atoms with Crippen molar-refractivity contribution in [3.05, 3.63) is 106 Å². The molecule has 240 valence electrons. The lowest BCUT2D eigenvalue weighted by molar-refractivity contribution is -0.143. The van der Waals surface area contributed by atoms with Gasteiger partial charge in [-0.3, -0.25) is 15.0 Å². The second-order valence-corrected chi connectivity index (χ2v) is 11.8. The molecule has 0 aliphatic heterocycles. The third-order valence-corrected chi connectivity index (χ3v) is 8.44. The number of hydrogen-bond donors (Lipinski definition) is 5. The molecule has 10 nitrogen and oxygen atoms in total. The lowest BCUT2D eigenvalue weighted by Crippen LogP contribution is -2.23. The Morgan fingerprint density at radius 1 is 0.935 bits per heavy atom. The van der Waals surface area contributed by atoms with Crippen molar-refractivity contribution in [2.45, 2.75) is 51.4 Å². The Bertz CT molecular complexity index is 1640. The summed E-state index contributed by atoms with van der Waals surface area (Å²) in [4.78, 5) is 48.7. The van der Waals surface area contributed by atoms with E-state index in [1.807, 2.05) is 12.1 Å². The number of guanidine groups is 1. The normalized spacial score (nSPS) is 16.3. The van der Waals surface area contributed by atoms with Gasteiger partial charge in [0.05, 0.1) is 17.0 Å². The average molecular weight is 646 g/mol. The molecule has 0 heterocycles. The largest absolute Gasteiger partial charge is 0.481 e. The second-order valence-electron chi connectivity index (χ2n) is 11.3. The number of ketones is 1. The van der Waals surface area contributed by atoms with E-state index in [-0.39, 0.29) is 47.7 Å². The molecule has 11 heteroatoms. The number of allylic oxidation sites excluding steroid dienone is 2. The summed E-state index contributed by atoms with van der Waals surface area (Å²) in [5, 5.41) is 29.0. The highest BCUT2D eigenvalue weighted by atomic mass is 35.5. The zero-order valence-corrected chi connectivity index (χ0v) is 25.9. The van der Waals surface area contributed by atoms with Crippen LogP contribution in [0, 0.1) is 17.2 Å². The topological polar surface area (TPSA) is 180 Å². The summed E-state index contributed by atoms with van der Waals surface area (Å²) < 4.78 is 5.45. The SMILES string of the molecule is N=C(N)Nc1ccc(C(=O)Oc2ccc(CCC(=O)C/C(=C/Cc3cccc(C(=O)O)c3)[C@H]3CC[C@H](C(=O)O)CC3)c(Cl)c2)cc1. The van der Waals surface area contributed by atoms with Gasteiger partial charge in [0.25, 0.3) is 0 Å². The van der Waals surface area contributed by atoms with Crippen LogP contribution in [0.1, 0.15) is 70.4 Å². The maximum atomic E-state index is 13.2. The van der Waals surface area contributed by atoms with E-state index in [4.69, 9.17) is 27.5 Å². The Morgan fingerprint density at radius 3 is 2.26 bits per heavy atom. The van der Waals surface area contributed by atoms with Crippen molar-refractivity contribution in [3.8, 4) is 5.75 Å². The third-order valence-electron chi connectivity index (χ3n) is 8.08. The number of hydrogen-bond acceptors (Lipinski definition) is 6. The van der Waals surface area contributed by atoms with Gasteiger partial charge in [0.15, 0.2) is 5.96 Å². The molecule has 0 unspecified atom stereocenters. The number of carbonyl (C=O) groups is 4. The van der Waals surface area contributed by atoms with E-state index in [1.54, 1.807) is 48.5 Å². The lowest BCUT2D eigenvalue weighted by atomic mass is 9.76. The van der Waals surface area contributed by atoms with E-state index < -0.39 is 17.9 Å². The molecule has 3 aromatic rings. The van der Waals surface area contributed by atoms with Crippen LogP contribution in [0.5, 0.6) is 5.75 Å². The maximum Gasteiger partial charge on any atom is 0.343 e. The molecule has 1 fully saturated rings. The predicted octanol–water partition coefficient (Wildman–Crippen LogP) is 6.51. The number of aliphatic carboxylic acids is 1. The molecule has 1 aliphatic rings. The summed E-state index contributed by atoms with van der Waals surface area (Å²) in [7, 11) is 0. The van der Waals surface area contributed by atoms with Crippen LogP contribution in [0.4, 0.5) is 5.69 Å². The lowest BCUT2D eigenvalue weighted by Gasteiger charge is -2.28. The summed E-state index contributed by atoms with van der Waals surface area (Å²) >= 11 is 6.49. The van der Waals surface area contributed by atoms with E-state index in [0.717, 1.165) is 16.7 Å². The number of benzene rings is 3. The molecule has 0 radical (unpaired) electrons. The number of aromatic carboxylic acids is 1. The summed E-state index contributed by atoms with van der Waals surface area (Å²) in [6.07, 6.45) is 5.75. The smallest absolute Gasteiger partial charge is 0.343 e. The molecule has 0 spiro atoms. The molecule has 0 saturated heterocycles. The first-order valence-corrected chi connectivity index (χ1v) is 15.3. The Kier molecular flexibility index (Phi) is 11.7. The van der Waals surface area contributed by atoms with Crippen molar-refractivity contribution >= 4 is 46.9 Å². The van der Waals surface area contributed by atoms with Crippen LogP contribution in [-0.4, -0.2) is 39.9 Å². The van der Waals surface area contributed by atoms with Crippen LogP contribution in [0.3, 0.4) is 0 Å². The van der Waals surface area contributed by atoms with E-state index in [2.05, 4.69) is 5.32 Å². The minimum Gasteiger partial charge on any atom is -0.481 e. The highest BCUT2D eigenvalue weighted by Crippen LogP contribution is 2.35. The van der Waals surface area contributed by atoms with Crippen molar-refractivity contribution in [1.29, 1.82) is 5.41 Å².